The Morgan fingerprint density at radius 3 is 1.83 bits per heavy atom. The quantitative estimate of drug-likeness (QED) is 0.536. The zero-order valence-corrected chi connectivity index (χ0v) is 17.2. The monoisotopic (exact) mass is 435 g/mol. The lowest BCUT2D eigenvalue weighted by atomic mass is 9.72. The van der Waals surface area contributed by atoms with E-state index < -0.39 is 0 Å². The Hall–Kier alpha value is -0.640. The van der Waals surface area contributed by atoms with Crippen molar-refractivity contribution in [1.29, 1.82) is 0 Å². The molecule has 122 valence electrons. The van der Waals surface area contributed by atoms with Crippen LogP contribution in [0, 0.1) is 0 Å². The Morgan fingerprint density at radius 2 is 1.39 bits per heavy atom. The molecule has 0 spiro atoms. The number of hydrogen-bond acceptors (Lipinski definition) is 1. The predicted molar refractivity (Wildman–Crippen MR) is 106 cm³/mol. The second-order valence-electron chi connectivity index (χ2n) is 6.77. The maximum absolute atomic E-state index is 3.69. The van der Waals surface area contributed by atoms with E-state index in [0.717, 1.165) is 13.0 Å². The van der Waals surface area contributed by atoms with E-state index in [-0.39, 0.29) is 5.41 Å². The molecule has 0 aliphatic heterocycles. The molecule has 0 unspecified atom stereocenters. The van der Waals surface area contributed by atoms with Crippen molar-refractivity contribution >= 4 is 31.9 Å². The van der Waals surface area contributed by atoms with Gasteiger partial charge in [0.2, 0.25) is 0 Å². The van der Waals surface area contributed by atoms with Crippen LogP contribution in [0.2, 0.25) is 0 Å². The largest absolute Gasteiger partial charge is 0.309 e. The van der Waals surface area contributed by atoms with Gasteiger partial charge in [-0.25, -0.2) is 0 Å². The van der Waals surface area contributed by atoms with Crippen molar-refractivity contribution in [2.45, 2.75) is 31.6 Å². The molecule has 0 atom stereocenters. The summed E-state index contributed by atoms with van der Waals surface area (Å²) in [5.74, 6) is 0. The number of fused-ring (bicyclic) bond motifs is 3. The average molecular weight is 437 g/mol. The van der Waals surface area contributed by atoms with E-state index in [1.807, 2.05) is 0 Å². The van der Waals surface area contributed by atoms with Crippen molar-refractivity contribution in [3.05, 3.63) is 56.5 Å². The van der Waals surface area contributed by atoms with E-state index in [2.05, 4.69) is 94.2 Å². The van der Waals surface area contributed by atoms with E-state index in [1.165, 1.54) is 44.0 Å². The zero-order chi connectivity index (χ0) is 16.6. The lowest BCUT2D eigenvalue weighted by molar-refractivity contribution is 0.333. The summed E-state index contributed by atoms with van der Waals surface area (Å²) in [5, 5.41) is 0. The summed E-state index contributed by atoms with van der Waals surface area (Å²) in [6, 6.07) is 13.6. The Labute approximate surface area is 156 Å². The topological polar surface area (TPSA) is 3.24 Å². The third-order valence-electron chi connectivity index (χ3n) is 4.95. The third-order valence-corrected chi connectivity index (χ3v) is 5.93. The minimum absolute atomic E-state index is 0.122. The summed E-state index contributed by atoms with van der Waals surface area (Å²) >= 11 is 7.37. The van der Waals surface area contributed by atoms with Crippen LogP contribution in [0.25, 0.3) is 11.1 Å². The average Bonchev–Trinajstić information content (AvgIpc) is 2.76. The Balaban J connectivity index is 2.24. The van der Waals surface area contributed by atoms with Crippen LogP contribution in [0.4, 0.5) is 0 Å². The summed E-state index contributed by atoms with van der Waals surface area (Å²) < 4.78 is 2.35. The van der Waals surface area contributed by atoms with Gasteiger partial charge in [0, 0.05) is 14.4 Å². The van der Waals surface area contributed by atoms with Gasteiger partial charge in [0.15, 0.2) is 0 Å². The van der Waals surface area contributed by atoms with E-state index in [4.69, 9.17) is 0 Å². The van der Waals surface area contributed by atoms with Crippen LogP contribution < -0.4 is 0 Å². The molecule has 3 rings (SSSR count). The molecule has 0 bridgehead atoms. The Kier molecular flexibility index (Phi) is 5.01. The first-order valence-corrected chi connectivity index (χ1v) is 9.81. The molecular formula is C20H23Br2N. The Bertz CT molecular complexity index is 670. The van der Waals surface area contributed by atoms with Gasteiger partial charge in [-0.2, -0.15) is 0 Å². The molecule has 2 aromatic carbocycles. The van der Waals surface area contributed by atoms with Crippen molar-refractivity contribution in [1.82, 2.24) is 4.90 Å². The van der Waals surface area contributed by atoms with E-state index in [1.54, 1.807) is 0 Å². The minimum atomic E-state index is 0.122. The smallest absolute Gasteiger partial charge is 0.0228 e. The number of benzene rings is 2. The fourth-order valence-electron chi connectivity index (χ4n) is 3.94. The highest BCUT2D eigenvalue weighted by Crippen LogP contribution is 2.54. The van der Waals surface area contributed by atoms with Gasteiger partial charge < -0.3 is 4.90 Å². The summed E-state index contributed by atoms with van der Waals surface area (Å²) in [6.07, 6.45) is 3.53. The second-order valence-corrected chi connectivity index (χ2v) is 8.60. The van der Waals surface area contributed by atoms with Gasteiger partial charge in [0.25, 0.3) is 0 Å². The van der Waals surface area contributed by atoms with Crippen LogP contribution in [0.1, 0.15) is 37.3 Å². The van der Waals surface area contributed by atoms with Gasteiger partial charge >= 0.3 is 0 Å². The van der Waals surface area contributed by atoms with Crippen molar-refractivity contribution in [3.63, 3.8) is 0 Å². The molecule has 0 saturated heterocycles. The molecule has 23 heavy (non-hydrogen) atoms. The predicted octanol–water partition coefficient (Wildman–Crippen LogP) is 6.23. The fourth-order valence-corrected chi connectivity index (χ4v) is 4.67. The summed E-state index contributed by atoms with van der Waals surface area (Å²) in [5.41, 5.74) is 5.91. The normalized spacial score (nSPS) is 14.9. The number of halogens is 2. The minimum Gasteiger partial charge on any atom is -0.309 e. The fraction of sp³-hybridized carbons (Fsp3) is 0.400. The molecule has 0 fully saturated rings. The molecule has 0 saturated carbocycles. The highest BCUT2D eigenvalue weighted by molar-refractivity contribution is 9.10. The van der Waals surface area contributed by atoms with Crippen molar-refractivity contribution < 1.29 is 0 Å². The van der Waals surface area contributed by atoms with Crippen LogP contribution >= 0.6 is 31.9 Å². The Morgan fingerprint density at radius 1 is 0.870 bits per heavy atom. The van der Waals surface area contributed by atoms with Gasteiger partial charge in [0.05, 0.1) is 0 Å². The van der Waals surface area contributed by atoms with Gasteiger partial charge in [-0.3, -0.25) is 0 Å². The van der Waals surface area contributed by atoms with Gasteiger partial charge in [0.1, 0.15) is 0 Å². The van der Waals surface area contributed by atoms with Gasteiger partial charge in [-0.15, -0.1) is 0 Å². The van der Waals surface area contributed by atoms with Crippen molar-refractivity contribution in [2.75, 3.05) is 20.6 Å². The molecule has 3 heteroatoms. The van der Waals surface area contributed by atoms with Crippen LogP contribution in [-0.2, 0) is 5.41 Å². The van der Waals surface area contributed by atoms with Gasteiger partial charge in [-0.1, -0.05) is 57.3 Å². The van der Waals surface area contributed by atoms with Crippen LogP contribution in [0.15, 0.2) is 45.3 Å². The van der Waals surface area contributed by atoms with E-state index >= 15 is 0 Å². The highest BCUT2D eigenvalue weighted by atomic mass is 79.9. The molecule has 2 aromatic rings. The first-order valence-electron chi connectivity index (χ1n) is 8.23. The maximum Gasteiger partial charge on any atom is 0.0228 e. The van der Waals surface area contributed by atoms with Crippen molar-refractivity contribution in [3.8, 4) is 11.1 Å². The summed E-state index contributed by atoms with van der Waals surface area (Å²) in [7, 11) is 4.33. The summed E-state index contributed by atoms with van der Waals surface area (Å²) in [4.78, 5) is 2.30. The third kappa shape index (κ3) is 3.04. The van der Waals surface area contributed by atoms with Crippen LogP contribution in [0.3, 0.4) is 0 Å². The van der Waals surface area contributed by atoms with Crippen LogP contribution in [-0.4, -0.2) is 25.5 Å². The molecule has 0 heterocycles. The number of hydrogen-bond donors (Lipinski definition) is 0. The van der Waals surface area contributed by atoms with Crippen molar-refractivity contribution in [2.24, 2.45) is 0 Å². The molecule has 0 amide bonds. The second kappa shape index (κ2) is 6.70. The summed E-state index contributed by atoms with van der Waals surface area (Å²) in [6.45, 7) is 3.39. The van der Waals surface area contributed by atoms with E-state index in [9.17, 15) is 0 Å². The lowest BCUT2D eigenvalue weighted by Crippen LogP contribution is -2.30. The maximum atomic E-state index is 3.69. The molecule has 1 aliphatic carbocycles. The lowest BCUT2D eigenvalue weighted by Gasteiger charge is -2.33. The molecule has 0 N–H and O–H groups in total. The van der Waals surface area contributed by atoms with E-state index in [0.29, 0.717) is 0 Å². The molecule has 0 aromatic heterocycles. The standard InChI is InChI=1S/C20H23Br2N/c1-4-9-20(10-11-23(2)3)18-12-14(21)5-7-16(18)17-8-6-15(22)13-19(17)20/h5-8,12-13H,4,9-11H2,1-3H3. The molecule has 0 radical (unpaired) electrons. The first-order chi connectivity index (χ1) is 11.0. The molecule has 1 aliphatic rings. The zero-order valence-electron chi connectivity index (χ0n) is 14.0. The van der Waals surface area contributed by atoms with Crippen LogP contribution in [0.5, 0.6) is 0 Å². The molecule has 1 nitrogen and oxygen atoms in total. The molecular weight excluding hydrogens is 414 g/mol. The number of rotatable bonds is 5. The van der Waals surface area contributed by atoms with Gasteiger partial charge in [-0.05, 0) is 80.0 Å². The first kappa shape index (κ1) is 17.2. The SMILES string of the molecule is CCCC1(CCN(C)C)c2cc(Br)ccc2-c2ccc(Br)cc21. The highest BCUT2D eigenvalue weighted by Gasteiger charge is 2.42. The number of nitrogens with zero attached hydrogens (tertiary/aromatic N) is 1.